The van der Waals surface area contributed by atoms with E-state index in [4.69, 9.17) is 9.47 Å². The summed E-state index contributed by atoms with van der Waals surface area (Å²) in [4.78, 5) is 0. The van der Waals surface area contributed by atoms with Gasteiger partial charge in [-0.15, -0.1) is 0 Å². The van der Waals surface area contributed by atoms with Crippen LogP contribution in [0.4, 0.5) is 30.7 Å². The summed E-state index contributed by atoms with van der Waals surface area (Å²) in [6.07, 6.45) is 6.35. The van der Waals surface area contributed by atoms with E-state index in [1.165, 1.54) is 44.9 Å². The van der Waals surface area contributed by atoms with Gasteiger partial charge >= 0.3 is 12.3 Å². The zero-order valence-corrected chi connectivity index (χ0v) is 22.6. The Morgan fingerprint density at radius 2 is 1.50 bits per heavy atom. The molecular formula is C30H37F7O3. The summed E-state index contributed by atoms with van der Waals surface area (Å²) in [5, 5.41) is 0. The van der Waals surface area contributed by atoms with Gasteiger partial charge in [0.25, 0.3) is 6.29 Å². The van der Waals surface area contributed by atoms with Crippen molar-refractivity contribution in [2.24, 2.45) is 23.7 Å². The van der Waals surface area contributed by atoms with Crippen molar-refractivity contribution in [3.63, 3.8) is 0 Å². The SMILES string of the molecule is C/C=C\CC1=CCC(C2CCC(CCC3COC(C(F)(F)Oc4cc(F)c(C(F)(F)F)c(F)c4)OC3)CC2)CC1. The number of allylic oxidation sites excluding steroid dienone is 4. The molecule has 0 N–H and O–H groups in total. The maximum absolute atomic E-state index is 14.5. The molecule has 1 saturated carbocycles. The lowest BCUT2D eigenvalue weighted by molar-refractivity contribution is -0.352. The molecule has 1 heterocycles. The molecule has 3 aliphatic rings. The summed E-state index contributed by atoms with van der Waals surface area (Å²) in [6.45, 7) is 2.05. The third kappa shape index (κ3) is 8.02. The van der Waals surface area contributed by atoms with Gasteiger partial charge in [0.2, 0.25) is 0 Å². The summed E-state index contributed by atoms with van der Waals surface area (Å²) in [5.74, 6) is -3.16. The van der Waals surface area contributed by atoms with Gasteiger partial charge in [0, 0.05) is 18.1 Å². The molecule has 0 bridgehead atoms. The van der Waals surface area contributed by atoms with Crippen molar-refractivity contribution in [3.05, 3.63) is 53.1 Å². The Balaban J connectivity index is 1.17. The van der Waals surface area contributed by atoms with Crippen LogP contribution in [0.3, 0.4) is 0 Å². The lowest BCUT2D eigenvalue weighted by atomic mass is 9.70. The van der Waals surface area contributed by atoms with Crippen LogP contribution in [0.5, 0.6) is 5.75 Å². The van der Waals surface area contributed by atoms with Crippen molar-refractivity contribution < 1.29 is 44.9 Å². The Morgan fingerprint density at radius 1 is 0.875 bits per heavy atom. The number of alkyl halides is 5. The molecule has 10 heteroatoms. The first kappa shape index (κ1) is 30.9. The van der Waals surface area contributed by atoms with E-state index in [2.05, 4.69) is 23.0 Å². The van der Waals surface area contributed by atoms with E-state index in [0.29, 0.717) is 5.92 Å². The predicted molar refractivity (Wildman–Crippen MR) is 136 cm³/mol. The Morgan fingerprint density at radius 3 is 2.05 bits per heavy atom. The van der Waals surface area contributed by atoms with Crippen LogP contribution >= 0.6 is 0 Å². The smallest absolute Gasteiger partial charge is 0.429 e. The number of hydrogen-bond acceptors (Lipinski definition) is 3. The minimum Gasteiger partial charge on any atom is -0.429 e. The maximum atomic E-state index is 14.5. The third-order valence-electron chi connectivity index (χ3n) is 8.50. The monoisotopic (exact) mass is 578 g/mol. The van der Waals surface area contributed by atoms with Crippen LogP contribution < -0.4 is 4.74 Å². The molecule has 1 atom stereocenters. The first-order chi connectivity index (χ1) is 19.0. The highest BCUT2D eigenvalue weighted by atomic mass is 19.4. The van der Waals surface area contributed by atoms with Crippen molar-refractivity contribution in [1.82, 2.24) is 0 Å². The molecule has 224 valence electrons. The summed E-state index contributed by atoms with van der Waals surface area (Å²) in [6, 6.07) is 0.126. The van der Waals surface area contributed by atoms with E-state index in [0.717, 1.165) is 31.1 Å². The molecule has 1 aromatic carbocycles. The van der Waals surface area contributed by atoms with Gasteiger partial charge in [-0.1, -0.05) is 43.1 Å². The van der Waals surface area contributed by atoms with Gasteiger partial charge in [0.1, 0.15) is 22.9 Å². The number of ether oxygens (including phenoxy) is 3. The summed E-state index contributed by atoms with van der Waals surface area (Å²) >= 11 is 0. The van der Waals surface area contributed by atoms with Crippen LogP contribution in [-0.2, 0) is 15.7 Å². The predicted octanol–water partition coefficient (Wildman–Crippen LogP) is 9.22. The number of hydrogen-bond donors (Lipinski definition) is 0. The van der Waals surface area contributed by atoms with Gasteiger partial charge in [-0.2, -0.15) is 22.0 Å². The van der Waals surface area contributed by atoms with Crippen LogP contribution in [0.2, 0.25) is 0 Å². The first-order valence-corrected chi connectivity index (χ1v) is 14.1. The highest BCUT2D eigenvalue weighted by molar-refractivity contribution is 5.32. The zero-order valence-electron chi connectivity index (χ0n) is 22.6. The van der Waals surface area contributed by atoms with Crippen molar-refractivity contribution in [1.29, 1.82) is 0 Å². The van der Waals surface area contributed by atoms with Crippen molar-refractivity contribution >= 4 is 0 Å². The van der Waals surface area contributed by atoms with Gasteiger partial charge in [0.15, 0.2) is 0 Å². The average molecular weight is 579 g/mol. The second-order valence-corrected chi connectivity index (χ2v) is 11.3. The standard InChI is InChI=1S/C30H37F7O3/c1-2-3-4-19-7-11-22(12-8-19)23-13-9-20(10-14-23)5-6-21-17-38-28(39-18-21)30(36,37)40-24-15-25(31)27(26(32)16-24)29(33,34)35/h2-3,7,15-16,20-23,28H,4-6,8-14,17-18H2,1H3/b3-2-. The highest BCUT2D eigenvalue weighted by Gasteiger charge is 2.48. The van der Waals surface area contributed by atoms with E-state index >= 15 is 0 Å². The minimum atomic E-state index is -5.32. The first-order valence-electron chi connectivity index (χ1n) is 14.1. The molecule has 3 nitrogen and oxygen atoms in total. The van der Waals surface area contributed by atoms with E-state index < -0.39 is 41.5 Å². The van der Waals surface area contributed by atoms with Crippen LogP contribution in [0.25, 0.3) is 0 Å². The molecule has 40 heavy (non-hydrogen) atoms. The Hall–Kier alpha value is -2.07. The lowest BCUT2D eigenvalue weighted by Crippen LogP contribution is -2.47. The van der Waals surface area contributed by atoms with Gasteiger partial charge in [-0.05, 0) is 69.6 Å². The quantitative estimate of drug-likeness (QED) is 0.216. The lowest BCUT2D eigenvalue weighted by Gasteiger charge is -2.36. The van der Waals surface area contributed by atoms with Crippen molar-refractivity contribution in [2.45, 2.75) is 89.7 Å². The fourth-order valence-corrected chi connectivity index (χ4v) is 6.20. The van der Waals surface area contributed by atoms with Gasteiger partial charge < -0.3 is 14.2 Å². The summed E-state index contributed by atoms with van der Waals surface area (Å²) in [7, 11) is 0. The summed E-state index contributed by atoms with van der Waals surface area (Å²) < 4.78 is 109. The van der Waals surface area contributed by atoms with Crippen LogP contribution in [0.15, 0.2) is 35.9 Å². The van der Waals surface area contributed by atoms with Gasteiger partial charge in [-0.3, -0.25) is 0 Å². The third-order valence-corrected chi connectivity index (χ3v) is 8.50. The second kappa shape index (κ2) is 13.3. The topological polar surface area (TPSA) is 27.7 Å². The molecule has 1 aliphatic heterocycles. The normalized spacial score (nSPS) is 28.5. The molecule has 1 saturated heterocycles. The Bertz CT molecular complexity index is 1010. The van der Waals surface area contributed by atoms with Crippen LogP contribution in [0.1, 0.15) is 76.7 Å². The molecule has 0 spiro atoms. The molecule has 4 rings (SSSR count). The van der Waals surface area contributed by atoms with Crippen molar-refractivity contribution in [2.75, 3.05) is 13.2 Å². The van der Waals surface area contributed by atoms with E-state index in [1.807, 2.05) is 6.92 Å². The molecule has 2 fully saturated rings. The molecule has 0 amide bonds. The Kier molecular flexibility index (Phi) is 10.2. The fraction of sp³-hybridized carbons (Fsp3) is 0.667. The van der Waals surface area contributed by atoms with E-state index in [1.54, 1.807) is 5.57 Å². The van der Waals surface area contributed by atoms with Gasteiger partial charge in [0.05, 0.1) is 13.2 Å². The molecule has 1 aromatic rings. The second-order valence-electron chi connectivity index (χ2n) is 11.3. The fourth-order valence-electron chi connectivity index (χ4n) is 6.20. The van der Waals surface area contributed by atoms with Crippen molar-refractivity contribution in [3.8, 4) is 5.75 Å². The highest BCUT2D eigenvalue weighted by Crippen LogP contribution is 2.42. The van der Waals surface area contributed by atoms with E-state index in [9.17, 15) is 30.7 Å². The largest absolute Gasteiger partial charge is 0.451 e. The Labute approximate surface area is 230 Å². The number of halogens is 7. The molecule has 0 radical (unpaired) electrons. The zero-order chi connectivity index (χ0) is 28.9. The molecule has 1 unspecified atom stereocenters. The average Bonchev–Trinajstić information content (AvgIpc) is 2.90. The summed E-state index contributed by atoms with van der Waals surface area (Å²) in [5.41, 5.74) is -0.626. The minimum absolute atomic E-state index is 0.00133. The number of benzene rings is 1. The molecular weight excluding hydrogens is 541 g/mol. The van der Waals surface area contributed by atoms with Crippen LogP contribution in [0, 0.1) is 35.3 Å². The van der Waals surface area contributed by atoms with E-state index in [-0.39, 0.29) is 31.3 Å². The molecule has 0 aromatic heterocycles. The maximum Gasteiger partial charge on any atom is 0.451 e. The van der Waals surface area contributed by atoms with Crippen LogP contribution in [-0.4, -0.2) is 25.6 Å². The number of rotatable bonds is 9. The van der Waals surface area contributed by atoms with Gasteiger partial charge in [-0.25, -0.2) is 8.78 Å². The molecule has 2 aliphatic carbocycles.